The van der Waals surface area contributed by atoms with Gasteiger partial charge in [-0.05, 0) is 30.5 Å². The topological polar surface area (TPSA) is 58.6 Å². The second kappa shape index (κ2) is 6.06. The number of rotatable bonds is 5. The van der Waals surface area contributed by atoms with Crippen LogP contribution >= 0.6 is 0 Å². The maximum atomic E-state index is 12.0. The zero-order valence-electron chi connectivity index (χ0n) is 11.3. The molecule has 4 nitrogen and oxygen atoms in total. The fourth-order valence-electron chi connectivity index (χ4n) is 2.64. The predicted molar refractivity (Wildman–Crippen MR) is 73.1 cm³/mol. The van der Waals surface area contributed by atoms with E-state index in [2.05, 4.69) is 5.32 Å². The van der Waals surface area contributed by atoms with E-state index in [4.69, 9.17) is 4.74 Å². The Morgan fingerprint density at radius 2 is 1.95 bits per heavy atom. The van der Waals surface area contributed by atoms with Gasteiger partial charge in [-0.25, -0.2) is 0 Å². The number of aliphatic hydroxyl groups is 1. The number of methoxy groups -OCH3 is 1. The summed E-state index contributed by atoms with van der Waals surface area (Å²) in [6.07, 6.45) is 4.23. The van der Waals surface area contributed by atoms with E-state index in [1.54, 1.807) is 7.11 Å². The molecule has 0 heterocycles. The molecule has 1 fully saturated rings. The minimum Gasteiger partial charge on any atom is -0.497 e. The van der Waals surface area contributed by atoms with Gasteiger partial charge in [0.2, 0.25) is 5.91 Å². The normalized spacial score (nSPS) is 17.2. The third-order valence-corrected chi connectivity index (χ3v) is 3.79. The van der Waals surface area contributed by atoms with Crippen LogP contribution in [0.15, 0.2) is 24.3 Å². The fourth-order valence-corrected chi connectivity index (χ4v) is 2.64. The number of aliphatic hydroxyl groups excluding tert-OH is 1. The van der Waals surface area contributed by atoms with Gasteiger partial charge in [0.15, 0.2) is 0 Å². The van der Waals surface area contributed by atoms with E-state index in [1.807, 2.05) is 24.3 Å². The lowest BCUT2D eigenvalue weighted by atomic mass is 9.98. The van der Waals surface area contributed by atoms with Crippen LogP contribution in [0.4, 0.5) is 0 Å². The Bertz CT molecular complexity index is 422. The summed E-state index contributed by atoms with van der Waals surface area (Å²) in [5, 5.41) is 12.5. The average Bonchev–Trinajstić information content (AvgIpc) is 2.88. The van der Waals surface area contributed by atoms with E-state index in [0.717, 1.165) is 37.0 Å². The summed E-state index contributed by atoms with van der Waals surface area (Å²) in [6.45, 7) is 0.0291. The van der Waals surface area contributed by atoms with Crippen molar-refractivity contribution >= 4 is 5.91 Å². The molecule has 19 heavy (non-hydrogen) atoms. The first-order valence-corrected chi connectivity index (χ1v) is 6.72. The minimum absolute atomic E-state index is 0.0267. The molecule has 1 aromatic carbocycles. The lowest BCUT2D eigenvalue weighted by Crippen LogP contribution is -2.49. The molecule has 1 amide bonds. The molecule has 104 valence electrons. The molecule has 0 aromatic heterocycles. The van der Waals surface area contributed by atoms with Gasteiger partial charge in [0.05, 0.1) is 25.7 Å². The van der Waals surface area contributed by atoms with E-state index in [0.29, 0.717) is 6.42 Å². The standard InChI is InChI=1S/C15H21NO3/c1-19-13-6-4-12(5-7-13)10-14(18)16-15(11-17)8-2-3-9-15/h4-7,17H,2-3,8-11H2,1H3,(H,16,18). The molecule has 0 spiro atoms. The third kappa shape index (κ3) is 3.47. The van der Waals surface area contributed by atoms with Crippen molar-refractivity contribution in [2.45, 2.75) is 37.6 Å². The first kappa shape index (κ1) is 13.9. The van der Waals surface area contributed by atoms with Crippen molar-refractivity contribution < 1.29 is 14.6 Å². The number of carbonyl (C=O) groups excluding carboxylic acids is 1. The average molecular weight is 263 g/mol. The third-order valence-electron chi connectivity index (χ3n) is 3.79. The van der Waals surface area contributed by atoms with Crippen LogP contribution in [0.25, 0.3) is 0 Å². The molecule has 0 radical (unpaired) electrons. The molecule has 1 aromatic rings. The van der Waals surface area contributed by atoms with Crippen molar-refractivity contribution in [2.75, 3.05) is 13.7 Å². The summed E-state index contributed by atoms with van der Waals surface area (Å²) >= 11 is 0. The Hall–Kier alpha value is -1.55. The maximum Gasteiger partial charge on any atom is 0.224 e. The fraction of sp³-hybridized carbons (Fsp3) is 0.533. The number of hydrogen-bond donors (Lipinski definition) is 2. The lowest BCUT2D eigenvalue weighted by Gasteiger charge is -2.28. The Balaban J connectivity index is 1.93. The van der Waals surface area contributed by atoms with Crippen LogP contribution in [0.1, 0.15) is 31.2 Å². The highest BCUT2D eigenvalue weighted by atomic mass is 16.5. The zero-order chi connectivity index (χ0) is 13.7. The highest BCUT2D eigenvalue weighted by Crippen LogP contribution is 2.29. The van der Waals surface area contributed by atoms with Gasteiger partial charge in [-0.1, -0.05) is 25.0 Å². The van der Waals surface area contributed by atoms with Crippen LogP contribution in [0.5, 0.6) is 5.75 Å². The van der Waals surface area contributed by atoms with Crippen LogP contribution in [-0.2, 0) is 11.2 Å². The highest BCUT2D eigenvalue weighted by molar-refractivity contribution is 5.79. The van der Waals surface area contributed by atoms with Crippen LogP contribution in [0.2, 0.25) is 0 Å². The van der Waals surface area contributed by atoms with E-state index in [1.165, 1.54) is 0 Å². The number of ether oxygens (including phenoxy) is 1. The van der Waals surface area contributed by atoms with Crippen LogP contribution in [-0.4, -0.2) is 30.3 Å². The lowest BCUT2D eigenvalue weighted by molar-refractivity contribution is -0.122. The van der Waals surface area contributed by atoms with E-state index in [9.17, 15) is 9.90 Å². The molecule has 0 aliphatic heterocycles. The Morgan fingerprint density at radius 3 is 2.47 bits per heavy atom. The van der Waals surface area contributed by atoms with Crippen LogP contribution in [0.3, 0.4) is 0 Å². The molecular formula is C15H21NO3. The molecule has 4 heteroatoms. The Kier molecular flexibility index (Phi) is 4.43. The Morgan fingerprint density at radius 1 is 1.32 bits per heavy atom. The summed E-state index contributed by atoms with van der Waals surface area (Å²) in [7, 11) is 1.62. The van der Waals surface area contributed by atoms with Crippen molar-refractivity contribution in [3.63, 3.8) is 0 Å². The van der Waals surface area contributed by atoms with E-state index >= 15 is 0 Å². The van der Waals surface area contributed by atoms with Gasteiger partial charge in [-0.2, -0.15) is 0 Å². The second-order valence-corrected chi connectivity index (χ2v) is 5.22. The summed E-state index contributed by atoms with van der Waals surface area (Å²) in [5.41, 5.74) is 0.563. The van der Waals surface area contributed by atoms with Crippen LogP contribution in [0, 0.1) is 0 Å². The van der Waals surface area contributed by atoms with Gasteiger partial charge < -0.3 is 15.2 Å². The largest absolute Gasteiger partial charge is 0.497 e. The number of amides is 1. The van der Waals surface area contributed by atoms with E-state index < -0.39 is 0 Å². The molecule has 2 rings (SSSR count). The molecule has 0 bridgehead atoms. The number of carbonyl (C=O) groups is 1. The van der Waals surface area contributed by atoms with E-state index in [-0.39, 0.29) is 18.1 Å². The molecule has 1 saturated carbocycles. The smallest absolute Gasteiger partial charge is 0.224 e. The van der Waals surface area contributed by atoms with Crippen molar-refractivity contribution in [3.8, 4) is 5.75 Å². The number of hydrogen-bond acceptors (Lipinski definition) is 3. The minimum atomic E-state index is -0.385. The van der Waals surface area contributed by atoms with Crippen LogP contribution < -0.4 is 10.1 Å². The number of nitrogens with one attached hydrogen (secondary N) is 1. The quantitative estimate of drug-likeness (QED) is 0.849. The van der Waals surface area contributed by atoms with Gasteiger partial charge in [0.1, 0.15) is 5.75 Å². The monoisotopic (exact) mass is 263 g/mol. The second-order valence-electron chi connectivity index (χ2n) is 5.22. The zero-order valence-corrected chi connectivity index (χ0v) is 11.3. The van der Waals surface area contributed by atoms with Crippen molar-refractivity contribution in [1.82, 2.24) is 5.32 Å². The Labute approximate surface area is 113 Å². The molecule has 2 N–H and O–H groups in total. The summed E-state index contributed by atoms with van der Waals surface area (Å²) in [6, 6.07) is 7.47. The predicted octanol–water partition coefficient (Wildman–Crippen LogP) is 1.66. The summed E-state index contributed by atoms with van der Waals surface area (Å²) in [4.78, 5) is 12.0. The molecule has 1 aliphatic carbocycles. The highest BCUT2D eigenvalue weighted by Gasteiger charge is 2.34. The molecule has 1 aliphatic rings. The maximum absolute atomic E-state index is 12.0. The SMILES string of the molecule is COc1ccc(CC(=O)NC2(CO)CCCC2)cc1. The van der Waals surface area contributed by atoms with Crippen molar-refractivity contribution in [2.24, 2.45) is 0 Å². The number of benzene rings is 1. The molecular weight excluding hydrogens is 242 g/mol. The summed E-state index contributed by atoms with van der Waals surface area (Å²) < 4.78 is 5.08. The molecule has 0 unspecified atom stereocenters. The van der Waals surface area contributed by atoms with Crippen molar-refractivity contribution in [3.05, 3.63) is 29.8 Å². The van der Waals surface area contributed by atoms with Gasteiger partial charge in [-0.3, -0.25) is 4.79 Å². The van der Waals surface area contributed by atoms with Crippen molar-refractivity contribution in [1.29, 1.82) is 0 Å². The first-order chi connectivity index (χ1) is 9.17. The van der Waals surface area contributed by atoms with Gasteiger partial charge in [0.25, 0.3) is 0 Å². The summed E-state index contributed by atoms with van der Waals surface area (Å²) in [5.74, 6) is 0.757. The van der Waals surface area contributed by atoms with Gasteiger partial charge in [-0.15, -0.1) is 0 Å². The van der Waals surface area contributed by atoms with Gasteiger partial charge >= 0.3 is 0 Å². The molecule has 0 atom stereocenters. The molecule has 0 saturated heterocycles. The first-order valence-electron chi connectivity index (χ1n) is 6.72. The van der Waals surface area contributed by atoms with Gasteiger partial charge in [0, 0.05) is 0 Å².